The number of allylic oxidation sites excluding steroid dienone is 4. The summed E-state index contributed by atoms with van der Waals surface area (Å²) in [5, 5.41) is 7.62. The first kappa shape index (κ1) is 22.8. The lowest BCUT2D eigenvalue weighted by Crippen LogP contribution is -2.29. The van der Waals surface area contributed by atoms with Gasteiger partial charge >= 0.3 is 0 Å². The minimum atomic E-state index is -0.164. The van der Waals surface area contributed by atoms with Crippen molar-refractivity contribution >= 4 is 22.4 Å². The third kappa shape index (κ3) is 5.07. The predicted octanol–water partition coefficient (Wildman–Crippen LogP) is 4.40. The highest BCUT2D eigenvalue weighted by molar-refractivity contribution is 6.00. The second-order valence-corrected chi connectivity index (χ2v) is 8.44. The van der Waals surface area contributed by atoms with Crippen LogP contribution >= 0.6 is 0 Å². The number of ketones is 1. The van der Waals surface area contributed by atoms with Crippen LogP contribution in [-0.4, -0.2) is 23.4 Å². The quantitative estimate of drug-likeness (QED) is 0.433. The zero-order valence-corrected chi connectivity index (χ0v) is 19.0. The van der Waals surface area contributed by atoms with Crippen molar-refractivity contribution in [3.05, 3.63) is 63.2 Å². The summed E-state index contributed by atoms with van der Waals surface area (Å²) < 4.78 is 1.87. The van der Waals surface area contributed by atoms with Crippen LogP contribution in [0.3, 0.4) is 0 Å². The Morgan fingerprint density at radius 2 is 1.84 bits per heavy atom. The maximum atomic E-state index is 13.3. The van der Waals surface area contributed by atoms with Gasteiger partial charge in [0.1, 0.15) is 0 Å². The molecular formula is C25H34N4O2. The Hall–Kier alpha value is -2.86. The number of carbonyl (C=O) groups is 1. The Bertz CT molecular complexity index is 1090. The Morgan fingerprint density at radius 3 is 2.48 bits per heavy atom. The summed E-state index contributed by atoms with van der Waals surface area (Å²) in [5.41, 5.74) is 10.3. The van der Waals surface area contributed by atoms with E-state index in [1.807, 2.05) is 55.7 Å². The lowest BCUT2D eigenvalue weighted by Gasteiger charge is -2.21. The van der Waals surface area contributed by atoms with Gasteiger partial charge in [-0.3, -0.25) is 9.59 Å². The van der Waals surface area contributed by atoms with Crippen molar-refractivity contribution < 1.29 is 4.79 Å². The Balaban J connectivity index is 2.03. The molecule has 6 heteroatoms. The van der Waals surface area contributed by atoms with Crippen molar-refractivity contribution in [2.75, 3.05) is 18.4 Å². The van der Waals surface area contributed by atoms with Crippen LogP contribution in [0, 0.1) is 6.92 Å². The number of nitrogens with zero attached hydrogens (tertiary/aromatic N) is 1. The molecule has 166 valence electrons. The van der Waals surface area contributed by atoms with Gasteiger partial charge in [-0.25, -0.2) is 0 Å². The molecule has 0 spiro atoms. The smallest absolute Gasteiger partial charge is 0.262 e. The highest BCUT2D eigenvalue weighted by Gasteiger charge is 2.24. The average molecular weight is 423 g/mol. The molecule has 1 aliphatic rings. The first-order valence-electron chi connectivity index (χ1n) is 11.1. The van der Waals surface area contributed by atoms with E-state index in [2.05, 4.69) is 10.6 Å². The van der Waals surface area contributed by atoms with Crippen molar-refractivity contribution in [1.29, 1.82) is 0 Å². The molecule has 2 aromatic rings. The number of nitrogens with one attached hydrogen (secondary N) is 2. The van der Waals surface area contributed by atoms with Gasteiger partial charge in [0.05, 0.1) is 11.1 Å². The molecule has 0 saturated heterocycles. The van der Waals surface area contributed by atoms with Gasteiger partial charge in [0.15, 0.2) is 5.78 Å². The van der Waals surface area contributed by atoms with E-state index in [0.29, 0.717) is 12.1 Å². The number of hydrogen-bond acceptors (Lipinski definition) is 5. The highest BCUT2D eigenvalue weighted by atomic mass is 16.1. The Kier molecular flexibility index (Phi) is 7.33. The summed E-state index contributed by atoms with van der Waals surface area (Å²) in [6, 6.07) is 6.21. The molecule has 0 amide bonds. The first-order chi connectivity index (χ1) is 14.8. The number of aryl methyl sites for hydroxylation is 1. The van der Waals surface area contributed by atoms with Crippen molar-refractivity contribution in [2.45, 2.75) is 59.4 Å². The van der Waals surface area contributed by atoms with Crippen LogP contribution < -0.4 is 21.9 Å². The lowest BCUT2D eigenvalue weighted by molar-refractivity contribution is 0.101. The van der Waals surface area contributed by atoms with Gasteiger partial charge < -0.3 is 20.9 Å². The van der Waals surface area contributed by atoms with Crippen molar-refractivity contribution in [2.24, 2.45) is 5.73 Å². The molecule has 0 unspecified atom stereocenters. The lowest BCUT2D eigenvalue weighted by atomic mass is 10.00. The number of pyridine rings is 1. The van der Waals surface area contributed by atoms with Crippen LogP contribution in [0.2, 0.25) is 0 Å². The van der Waals surface area contributed by atoms with Crippen LogP contribution in [0.5, 0.6) is 0 Å². The largest absolute Gasteiger partial charge is 0.387 e. The number of benzene rings is 1. The van der Waals surface area contributed by atoms with E-state index in [9.17, 15) is 9.59 Å². The Morgan fingerprint density at radius 1 is 1.16 bits per heavy atom. The zero-order valence-electron chi connectivity index (χ0n) is 19.0. The fourth-order valence-electron chi connectivity index (χ4n) is 4.44. The van der Waals surface area contributed by atoms with Gasteiger partial charge in [0.2, 0.25) is 0 Å². The molecular weight excluding hydrogens is 388 g/mol. The van der Waals surface area contributed by atoms with E-state index in [0.717, 1.165) is 65.8 Å². The molecule has 1 heterocycles. The van der Waals surface area contributed by atoms with Crippen LogP contribution in [0.1, 0.15) is 68.4 Å². The number of nitrogens with two attached hydrogens (primary N) is 1. The van der Waals surface area contributed by atoms with E-state index >= 15 is 0 Å². The molecule has 0 aliphatic heterocycles. The van der Waals surface area contributed by atoms with Gasteiger partial charge in [-0.1, -0.05) is 18.9 Å². The molecule has 6 nitrogen and oxygen atoms in total. The molecule has 3 rings (SSSR count). The normalized spacial score (nSPS) is 15.5. The van der Waals surface area contributed by atoms with E-state index in [4.69, 9.17) is 5.73 Å². The molecule has 1 saturated carbocycles. The minimum absolute atomic E-state index is 0.153. The van der Waals surface area contributed by atoms with Gasteiger partial charge in [0.25, 0.3) is 5.56 Å². The molecule has 4 N–H and O–H groups in total. The Labute approximate surface area is 184 Å². The fourth-order valence-corrected chi connectivity index (χ4v) is 4.44. The van der Waals surface area contributed by atoms with Crippen LogP contribution in [-0.2, 0) is 0 Å². The molecule has 1 aliphatic carbocycles. The summed E-state index contributed by atoms with van der Waals surface area (Å²) >= 11 is 0. The van der Waals surface area contributed by atoms with Gasteiger partial charge in [0, 0.05) is 41.6 Å². The molecule has 0 bridgehead atoms. The molecule has 1 aromatic heterocycles. The van der Waals surface area contributed by atoms with Crippen molar-refractivity contribution in [1.82, 2.24) is 9.88 Å². The van der Waals surface area contributed by atoms with E-state index in [1.165, 1.54) is 6.92 Å². The number of hydrogen-bond donors (Lipinski definition) is 3. The monoisotopic (exact) mass is 422 g/mol. The minimum Gasteiger partial charge on any atom is -0.387 e. The summed E-state index contributed by atoms with van der Waals surface area (Å²) in [5.74, 6) is -0.164. The zero-order chi connectivity index (χ0) is 22.5. The molecule has 1 aromatic carbocycles. The fraction of sp³-hybridized carbons (Fsp3) is 0.440. The number of fused-ring (bicyclic) bond motifs is 1. The number of anilines is 1. The van der Waals surface area contributed by atoms with Crippen LogP contribution in [0.15, 0.2) is 46.5 Å². The highest BCUT2D eigenvalue weighted by Crippen LogP contribution is 2.33. The van der Waals surface area contributed by atoms with E-state index in [1.54, 1.807) is 0 Å². The van der Waals surface area contributed by atoms with Crippen LogP contribution in [0.4, 0.5) is 5.69 Å². The second kappa shape index (κ2) is 9.96. The first-order valence-corrected chi connectivity index (χ1v) is 11.1. The third-order valence-electron chi connectivity index (χ3n) is 5.98. The van der Waals surface area contributed by atoms with Crippen molar-refractivity contribution in [3.8, 4) is 0 Å². The van der Waals surface area contributed by atoms with Gasteiger partial charge in [-0.2, -0.15) is 0 Å². The average Bonchev–Trinajstić information content (AvgIpc) is 3.24. The second-order valence-electron chi connectivity index (χ2n) is 8.44. The number of carbonyl (C=O) groups excluding carboxylic acids is 1. The topological polar surface area (TPSA) is 89.2 Å². The van der Waals surface area contributed by atoms with E-state index in [-0.39, 0.29) is 17.4 Å². The summed E-state index contributed by atoms with van der Waals surface area (Å²) in [6.45, 7) is 8.71. The molecule has 1 fully saturated rings. The number of aromatic nitrogens is 1. The number of rotatable bonds is 8. The predicted molar refractivity (Wildman–Crippen MR) is 129 cm³/mol. The third-order valence-corrected chi connectivity index (χ3v) is 5.98. The van der Waals surface area contributed by atoms with Crippen molar-refractivity contribution in [3.63, 3.8) is 0 Å². The summed E-state index contributed by atoms with van der Waals surface area (Å²) in [7, 11) is 0. The van der Waals surface area contributed by atoms with Crippen LogP contribution in [0.25, 0.3) is 10.9 Å². The maximum Gasteiger partial charge on any atom is 0.262 e. The van der Waals surface area contributed by atoms with Gasteiger partial charge in [-0.05, 0) is 70.4 Å². The molecule has 0 atom stereocenters. The standard InChI is InChI=1S/C25H34N4O2/c1-16(27-14-13-26)9-10-17(2)28-20-11-12-22-18(3)24(19(4)30)25(31)29(23(22)15-20)21-7-5-6-8-21/h9-12,15,21,27-28H,5-8,13-14,26H2,1-4H3/b16-9+,17-10+. The summed E-state index contributed by atoms with van der Waals surface area (Å²) in [4.78, 5) is 25.6. The number of Topliss-reactive ketones (excluding diaryl/α,β-unsaturated/α-hetero) is 1. The summed E-state index contributed by atoms with van der Waals surface area (Å²) in [6.07, 6.45) is 8.21. The SMILES string of the molecule is CC(=O)c1c(C)c2ccc(N/C(C)=C/C=C(\C)NCCN)cc2n(C2CCCC2)c1=O. The molecule has 0 radical (unpaired) electrons. The van der Waals surface area contributed by atoms with E-state index < -0.39 is 0 Å². The maximum absolute atomic E-state index is 13.3. The van der Waals surface area contributed by atoms with Gasteiger partial charge in [-0.15, -0.1) is 0 Å². The molecule has 31 heavy (non-hydrogen) atoms.